The molecule has 1 fully saturated rings. The van der Waals surface area contributed by atoms with Gasteiger partial charge in [0.15, 0.2) is 0 Å². The molecule has 0 spiro atoms. The molecule has 0 bridgehead atoms. The predicted molar refractivity (Wildman–Crippen MR) is 46.3 cm³/mol. The molecular weight excluding hydrogens is 136 g/mol. The molecule has 62 valence electrons. The average Bonchev–Trinajstić information content (AvgIpc) is 1.85. The third-order valence-electron chi connectivity index (χ3n) is 2.48. The molecule has 0 aromatic carbocycles. The minimum Gasteiger partial charge on any atom is -0.299 e. The van der Waals surface area contributed by atoms with E-state index in [2.05, 4.69) is 13.5 Å². The highest BCUT2D eigenvalue weighted by molar-refractivity contribution is 5.84. The smallest absolute Gasteiger partial charge is 0.140 e. The van der Waals surface area contributed by atoms with E-state index in [1.807, 2.05) is 6.92 Å². The minimum atomic E-state index is 0.172. The van der Waals surface area contributed by atoms with Gasteiger partial charge in [-0.05, 0) is 25.7 Å². The molecule has 0 amide bonds. The third-order valence-corrected chi connectivity index (χ3v) is 2.48. The monoisotopic (exact) mass is 152 g/mol. The van der Waals surface area contributed by atoms with Crippen molar-refractivity contribution in [3.05, 3.63) is 12.2 Å². The number of carbonyl (C=O) groups is 1. The minimum absolute atomic E-state index is 0.172. The molecule has 0 aromatic heterocycles. The molecule has 1 aliphatic carbocycles. The van der Waals surface area contributed by atoms with Crippen LogP contribution in [-0.2, 0) is 4.79 Å². The molecule has 1 aliphatic rings. The zero-order valence-electron chi connectivity index (χ0n) is 7.39. The summed E-state index contributed by atoms with van der Waals surface area (Å²) in [7, 11) is 0. The van der Waals surface area contributed by atoms with Gasteiger partial charge in [0.05, 0.1) is 0 Å². The van der Waals surface area contributed by atoms with Crippen LogP contribution in [0.25, 0.3) is 0 Å². The molecule has 0 unspecified atom stereocenters. The summed E-state index contributed by atoms with van der Waals surface area (Å²) in [4.78, 5) is 11.4. The summed E-state index contributed by atoms with van der Waals surface area (Å²) in [5, 5.41) is 0. The van der Waals surface area contributed by atoms with Crippen LogP contribution in [0.3, 0.4) is 0 Å². The molecule has 0 saturated heterocycles. The Hall–Kier alpha value is -0.590. The van der Waals surface area contributed by atoms with Crippen LogP contribution < -0.4 is 0 Å². The van der Waals surface area contributed by atoms with Crippen molar-refractivity contribution in [2.24, 2.45) is 11.8 Å². The topological polar surface area (TPSA) is 17.1 Å². The Morgan fingerprint density at radius 2 is 2.18 bits per heavy atom. The molecule has 1 saturated carbocycles. The van der Waals surface area contributed by atoms with Gasteiger partial charge in [0.25, 0.3) is 0 Å². The predicted octanol–water partition coefficient (Wildman–Crippen LogP) is 2.57. The van der Waals surface area contributed by atoms with E-state index in [9.17, 15) is 4.79 Å². The molecular formula is C10H16O. The van der Waals surface area contributed by atoms with Crippen LogP contribution in [0.4, 0.5) is 0 Å². The van der Waals surface area contributed by atoms with Crippen molar-refractivity contribution in [1.82, 2.24) is 0 Å². The Bertz CT molecular complexity index is 181. The average molecular weight is 152 g/mol. The number of rotatable bonds is 1. The lowest BCUT2D eigenvalue weighted by Gasteiger charge is -2.24. The summed E-state index contributed by atoms with van der Waals surface area (Å²) < 4.78 is 0. The van der Waals surface area contributed by atoms with Crippen LogP contribution in [-0.4, -0.2) is 5.78 Å². The molecule has 1 nitrogen and oxygen atoms in total. The molecule has 1 heteroatoms. The van der Waals surface area contributed by atoms with Gasteiger partial charge in [-0.15, -0.1) is 0 Å². The number of hydrogen-bond acceptors (Lipinski definition) is 1. The van der Waals surface area contributed by atoms with E-state index in [1.165, 1.54) is 6.42 Å². The van der Waals surface area contributed by atoms with Crippen LogP contribution in [0.5, 0.6) is 0 Å². The van der Waals surface area contributed by atoms with Gasteiger partial charge >= 0.3 is 0 Å². The van der Waals surface area contributed by atoms with Crippen molar-refractivity contribution < 1.29 is 4.79 Å². The highest BCUT2D eigenvalue weighted by Gasteiger charge is 2.26. The molecule has 0 heterocycles. The van der Waals surface area contributed by atoms with E-state index < -0.39 is 0 Å². The first kappa shape index (κ1) is 8.51. The SMILES string of the molecule is C=C(C)[C@@H]1CC[C@H](C)CC1=O. The molecule has 11 heavy (non-hydrogen) atoms. The number of allylic oxidation sites excluding steroid dienone is 1. The lowest BCUT2D eigenvalue weighted by atomic mass is 9.79. The zero-order chi connectivity index (χ0) is 8.43. The van der Waals surface area contributed by atoms with E-state index in [-0.39, 0.29) is 5.92 Å². The third kappa shape index (κ3) is 1.92. The van der Waals surface area contributed by atoms with Crippen molar-refractivity contribution >= 4 is 5.78 Å². The van der Waals surface area contributed by atoms with E-state index >= 15 is 0 Å². The van der Waals surface area contributed by atoms with Crippen molar-refractivity contribution in [1.29, 1.82) is 0 Å². The maximum absolute atomic E-state index is 11.4. The second kappa shape index (κ2) is 3.21. The fourth-order valence-electron chi connectivity index (χ4n) is 1.72. The van der Waals surface area contributed by atoms with Gasteiger partial charge in [0.1, 0.15) is 5.78 Å². The van der Waals surface area contributed by atoms with Crippen LogP contribution in [0, 0.1) is 11.8 Å². The summed E-state index contributed by atoms with van der Waals surface area (Å²) in [6, 6.07) is 0. The van der Waals surface area contributed by atoms with Gasteiger partial charge in [-0.25, -0.2) is 0 Å². The lowest BCUT2D eigenvalue weighted by Crippen LogP contribution is -2.23. The van der Waals surface area contributed by atoms with Gasteiger partial charge in [0, 0.05) is 12.3 Å². The zero-order valence-corrected chi connectivity index (χ0v) is 7.39. The number of ketones is 1. The first-order valence-corrected chi connectivity index (χ1v) is 4.29. The highest BCUT2D eigenvalue weighted by Crippen LogP contribution is 2.29. The summed E-state index contributed by atoms with van der Waals surface area (Å²) >= 11 is 0. The van der Waals surface area contributed by atoms with E-state index in [0.717, 1.165) is 18.4 Å². The lowest BCUT2D eigenvalue weighted by molar-refractivity contribution is -0.124. The van der Waals surface area contributed by atoms with Gasteiger partial charge < -0.3 is 0 Å². The Kier molecular flexibility index (Phi) is 2.48. The quantitative estimate of drug-likeness (QED) is 0.528. The fourth-order valence-corrected chi connectivity index (χ4v) is 1.72. The largest absolute Gasteiger partial charge is 0.299 e. The van der Waals surface area contributed by atoms with Gasteiger partial charge in [-0.1, -0.05) is 19.1 Å². The van der Waals surface area contributed by atoms with Crippen LogP contribution in [0.15, 0.2) is 12.2 Å². The van der Waals surface area contributed by atoms with Crippen molar-refractivity contribution in [3.63, 3.8) is 0 Å². The van der Waals surface area contributed by atoms with Crippen LogP contribution >= 0.6 is 0 Å². The highest BCUT2D eigenvalue weighted by atomic mass is 16.1. The normalized spacial score (nSPS) is 32.0. The Labute approximate surface area is 68.5 Å². The van der Waals surface area contributed by atoms with Crippen LogP contribution in [0.1, 0.15) is 33.1 Å². The summed E-state index contributed by atoms with van der Waals surface area (Å²) in [6.07, 6.45) is 2.97. The van der Waals surface area contributed by atoms with E-state index in [4.69, 9.17) is 0 Å². The summed E-state index contributed by atoms with van der Waals surface area (Å²) in [6.45, 7) is 7.94. The van der Waals surface area contributed by atoms with Crippen molar-refractivity contribution in [3.8, 4) is 0 Å². The molecule has 0 radical (unpaired) electrons. The maximum atomic E-state index is 11.4. The molecule has 0 aromatic rings. The number of hydrogen-bond donors (Lipinski definition) is 0. The van der Waals surface area contributed by atoms with Gasteiger partial charge in [-0.3, -0.25) is 4.79 Å². The van der Waals surface area contributed by atoms with Crippen molar-refractivity contribution in [2.45, 2.75) is 33.1 Å². The van der Waals surface area contributed by atoms with E-state index in [1.54, 1.807) is 0 Å². The molecule has 2 atom stereocenters. The van der Waals surface area contributed by atoms with Crippen molar-refractivity contribution in [2.75, 3.05) is 0 Å². The van der Waals surface area contributed by atoms with Gasteiger partial charge in [-0.2, -0.15) is 0 Å². The Morgan fingerprint density at radius 1 is 1.55 bits per heavy atom. The van der Waals surface area contributed by atoms with Gasteiger partial charge in [0.2, 0.25) is 0 Å². The number of carbonyl (C=O) groups excluding carboxylic acids is 1. The Morgan fingerprint density at radius 3 is 2.64 bits per heavy atom. The number of Topliss-reactive ketones (excluding diaryl/α,β-unsaturated/α-hetero) is 1. The second-order valence-corrected chi connectivity index (χ2v) is 3.75. The van der Waals surface area contributed by atoms with Crippen LogP contribution in [0.2, 0.25) is 0 Å². The van der Waals surface area contributed by atoms with E-state index in [0.29, 0.717) is 11.7 Å². The molecule has 0 aliphatic heterocycles. The standard InChI is InChI=1S/C10H16O/c1-7(2)9-5-4-8(3)6-10(9)11/h8-9H,1,4-6H2,2-3H3/t8-,9-/m0/s1. The fraction of sp³-hybridized carbons (Fsp3) is 0.700. The second-order valence-electron chi connectivity index (χ2n) is 3.75. The first-order chi connectivity index (χ1) is 5.11. The summed E-state index contributed by atoms with van der Waals surface area (Å²) in [5.74, 6) is 1.17. The first-order valence-electron chi connectivity index (χ1n) is 4.29. The maximum Gasteiger partial charge on any atom is 0.140 e. The molecule has 1 rings (SSSR count). The Balaban J connectivity index is 2.58. The summed E-state index contributed by atoms with van der Waals surface area (Å²) in [5.41, 5.74) is 1.04. The molecule has 0 N–H and O–H groups in total.